The van der Waals surface area contributed by atoms with Gasteiger partial charge in [0.2, 0.25) is 0 Å². The van der Waals surface area contributed by atoms with Crippen molar-refractivity contribution in [1.82, 2.24) is 15.6 Å². The number of benzene rings is 2. The monoisotopic (exact) mass is 413 g/mol. The molecule has 4 nitrogen and oxygen atoms in total. The summed E-state index contributed by atoms with van der Waals surface area (Å²) in [6.07, 6.45) is 3.50. The lowest BCUT2D eigenvalue weighted by atomic mass is 9.90. The molecule has 1 aliphatic heterocycles. The Morgan fingerprint density at radius 1 is 1.10 bits per heavy atom. The lowest BCUT2D eigenvalue weighted by Crippen LogP contribution is -2.24. The molecule has 0 radical (unpaired) electrons. The van der Waals surface area contributed by atoms with Gasteiger partial charge in [0.1, 0.15) is 0 Å². The number of nitrogens with one attached hydrogen (secondary N) is 3. The number of hydrogen-bond acceptors (Lipinski definition) is 3. The van der Waals surface area contributed by atoms with E-state index >= 15 is 0 Å². The van der Waals surface area contributed by atoms with E-state index in [1.54, 1.807) is 0 Å². The van der Waals surface area contributed by atoms with E-state index in [0.717, 1.165) is 24.1 Å². The zero-order valence-corrected chi connectivity index (χ0v) is 17.4. The van der Waals surface area contributed by atoms with Crippen molar-refractivity contribution in [2.24, 2.45) is 0 Å². The first kappa shape index (κ1) is 17.9. The maximum absolute atomic E-state index is 11.9. The highest BCUT2D eigenvalue weighted by Gasteiger charge is 2.24. The average Bonchev–Trinajstić information content (AvgIpc) is 3.51. The van der Waals surface area contributed by atoms with Crippen LogP contribution in [0, 0.1) is 0 Å². The average molecular weight is 414 g/mol. The quantitative estimate of drug-likeness (QED) is 0.425. The van der Waals surface area contributed by atoms with Gasteiger partial charge in [0, 0.05) is 46.2 Å². The van der Waals surface area contributed by atoms with Gasteiger partial charge < -0.3 is 15.6 Å². The predicted octanol–water partition coefficient (Wildman–Crippen LogP) is 5.31. The molecule has 5 heteroatoms. The molecule has 1 aliphatic carbocycles. The van der Waals surface area contributed by atoms with Crippen LogP contribution in [0.25, 0.3) is 22.0 Å². The van der Waals surface area contributed by atoms with Crippen LogP contribution >= 0.6 is 11.3 Å². The lowest BCUT2D eigenvalue weighted by Gasteiger charge is -2.23. The molecule has 0 saturated heterocycles. The molecule has 2 aromatic heterocycles. The van der Waals surface area contributed by atoms with Crippen LogP contribution in [0.4, 0.5) is 0 Å². The van der Waals surface area contributed by atoms with Gasteiger partial charge in [0.05, 0.1) is 0 Å². The van der Waals surface area contributed by atoms with Crippen LogP contribution in [0.3, 0.4) is 0 Å². The first-order valence-corrected chi connectivity index (χ1v) is 11.5. The van der Waals surface area contributed by atoms with Crippen molar-refractivity contribution in [2.45, 2.75) is 38.4 Å². The maximum atomic E-state index is 11.9. The number of H-pyrrole nitrogens is 1. The highest BCUT2D eigenvalue weighted by Crippen LogP contribution is 2.37. The number of thiophene rings is 1. The molecule has 150 valence electrons. The van der Waals surface area contributed by atoms with E-state index < -0.39 is 0 Å². The molecular formula is C25H23N3OS. The van der Waals surface area contributed by atoms with E-state index in [-0.39, 0.29) is 5.91 Å². The molecule has 1 atom stereocenters. The number of fused-ring (bicyclic) bond motifs is 4. The Labute approximate surface area is 179 Å². The first-order chi connectivity index (χ1) is 14.8. The molecule has 0 spiro atoms. The molecule has 3 N–H and O–H groups in total. The Balaban J connectivity index is 1.35. The molecule has 0 fully saturated rings. The normalized spacial score (nSPS) is 17.7. The molecule has 1 amide bonds. The third-order valence-corrected chi connectivity index (χ3v) is 7.31. The molecule has 0 bridgehead atoms. The molecule has 1 unspecified atom stereocenters. The highest BCUT2D eigenvalue weighted by molar-refractivity contribution is 7.09. The summed E-state index contributed by atoms with van der Waals surface area (Å²) in [5.74, 6) is 0.0350. The Kier molecular flexibility index (Phi) is 4.25. The van der Waals surface area contributed by atoms with E-state index in [4.69, 9.17) is 0 Å². The minimum absolute atomic E-state index is 0.0350. The van der Waals surface area contributed by atoms with Crippen molar-refractivity contribution in [3.8, 4) is 11.1 Å². The van der Waals surface area contributed by atoms with Crippen LogP contribution in [-0.2, 0) is 19.5 Å². The summed E-state index contributed by atoms with van der Waals surface area (Å²) in [7, 11) is 0. The van der Waals surface area contributed by atoms with E-state index in [2.05, 4.69) is 63.5 Å². The number of carbonyl (C=O) groups is 1. The summed E-state index contributed by atoms with van der Waals surface area (Å²) < 4.78 is 0. The molecule has 3 heterocycles. The number of hydrogen-bond donors (Lipinski definition) is 3. The van der Waals surface area contributed by atoms with Gasteiger partial charge in [-0.2, -0.15) is 0 Å². The molecule has 2 aliphatic rings. The number of amides is 1. The van der Waals surface area contributed by atoms with Gasteiger partial charge in [-0.1, -0.05) is 18.2 Å². The highest BCUT2D eigenvalue weighted by atomic mass is 32.1. The lowest BCUT2D eigenvalue weighted by molar-refractivity contribution is 0.0966. The maximum Gasteiger partial charge on any atom is 0.251 e. The van der Waals surface area contributed by atoms with E-state index in [0.29, 0.717) is 12.6 Å². The van der Waals surface area contributed by atoms with Gasteiger partial charge in [-0.15, -0.1) is 11.3 Å². The van der Waals surface area contributed by atoms with Gasteiger partial charge in [0.15, 0.2) is 0 Å². The van der Waals surface area contributed by atoms with Crippen molar-refractivity contribution in [3.63, 3.8) is 0 Å². The minimum atomic E-state index is 0.0350. The molecule has 2 aromatic carbocycles. The molecule has 4 aromatic rings. The number of carbonyl (C=O) groups excluding carboxylic acids is 1. The van der Waals surface area contributed by atoms with Crippen molar-refractivity contribution in [3.05, 3.63) is 81.2 Å². The summed E-state index contributed by atoms with van der Waals surface area (Å²) in [4.78, 5) is 16.9. The Bertz CT molecular complexity index is 1260. The summed E-state index contributed by atoms with van der Waals surface area (Å²) in [6, 6.07) is 17.6. The Morgan fingerprint density at radius 3 is 2.90 bits per heavy atom. The number of aromatic amines is 1. The fourth-order valence-electron chi connectivity index (χ4n) is 4.90. The SMILES string of the molecule is O=C1NCc2cc(-c3ccc4[nH]c5c(c4c3)CCCC5NCc3cccs3)ccc21. The second kappa shape index (κ2) is 7.11. The topological polar surface area (TPSA) is 56.9 Å². The molecule has 30 heavy (non-hydrogen) atoms. The van der Waals surface area contributed by atoms with Crippen molar-refractivity contribution in [1.29, 1.82) is 0 Å². The zero-order chi connectivity index (χ0) is 20.1. The van der Waals surface area contributed by atoms with Gasteiger partial charge in [-0.3, -0.25) is 4.79 Å². The fraction of sp³-hybridized carbons (Fsp3) is 0.240. The second-order valence-corrected chi connectivity index (χ2v) is 9.27. The van der Waals surface area contributed by atoms with E-state index in [1.165, 1.54) is 51.0 Å². The van der Waals surface area contributed by atoms with Gasteiger partial charge in [-0.05, 0) is 77.2 Å². The largest absolute Gasteiger partial charge is 0.357 e. The Morgan fingerprint density at radius 2 is 2.00 bits per heavy atom. The summed E-state index contributed by atoms with van der Waals surface area (Å²) in [5.41, 5.74) is 8.30. The van der Waals surface area contributed by atoms with Crippen molar-refractivity contribution in [2.75, 3.05) is 0 Å². The molecule has 0 saturated carbocycles. The standard InChI is InChI=1S/C25H23N3OS/c29-25-19-8-6-15(11-17(19)13-27-25)16-7-9-22-21(12-16)20-4-1-5-23(24(20)28-22)26-14-18-3-2-10-30-18/h2-3,6-12,23,26,28H,1,4-5,13-14H2,(H,27,29). The van der Waals surface area contributed by atoms with Crippen molar-refractivity contribution < 1.29 is 4.79 Å². The number of aromatic nitrogens is 1. The van der Waals surface area contributed by atoms with Crippen LogP contribution in [0.2, 0.25) is 0 Å². The third-order valence-electron chi connectivity index (χ3n) is 6.43. The second-order valence-electron chi connectivity index (χ2n) is 8.24. The van der Waals surface area contributed by atoms with Crippen molar-refractivity contribution >= 4 is 28.1 Å². The van der Waals surface area contributed by atoms with E-state index in [1.807, 2.05) is 17.4 Å². The van der Waals surface area contributed by atoms with Gasteiger partial charge in [-0.25, -0.2) is 0 Å². The van der Waals surface area contributed by atoms with Crippen LogP contribution in [0.15, 0.2) is 53.9 Å². The van der Waals surface area contributed by atoms with Gasteiger partial charge in [0.25, 0.3) is 5.91 Å². The summed E-state index contributed by atoms with van der Waals surface area (Å²) >= 11 is 1.81. The molecular weight excluding hydrogens is 390 g/mol. The van der Waals surface area contributed by atoms with Crippen LogP contribution < -0.4 is 10.6 Å². The first-order valence-electron chi connectivity index (χ1n) is 10.6. The zero-order valence-electron chi connectivity index (χ0n) is 16.6. The van der Waals surface area contributed by atoms with Crippen LogP contribution in [0.1, 0.15) is 50.9 Å². The van der Waals surface area contributed by atoms with Crippen LogP contribution in [-0.4, -0.2) is 10.9 Å². The third kappa shape index (κ3) is 2.97. The van der Waals surface area contributed by atoms with Gasteiger partial charge >= 0.3 is 0 Å². The smallest absolute Gasteiger partial charge is 0.251 e. The summed E-state index contributed by atoms with van der Waals surface area (Å²) in [6.45, 7) is 1.55. The predicted molar refractivity (Wildman–Crippen MR) is 122 cm³/mol. The number of rotatable bonds is 4. The van der Waals surface area contributed by atoms with E-state index in [9.17, 15) is 4.79 Å². The fourth-order valence-corrected chi connectivity index (χ4v) is 5.55. The summed E-state index contributed by atoms with van der Waals surface area (Å²) in [5, 5.41) is 10.1. The minimum Gasteiger partial charge on any atom is -0.357 e. The molecule has 6 rings (SSSR count). The number of aryl methyl sites for hydroxylation is 1. The Hall–Kier alpha value is -2.89. The van der Waals surface area contributed by atoms with Crippen LogP contribution in [0.5, 0.6) is 0 Å².